The zero-order valence-corrected chi connectivity index (χ0v) is 9.84. The van der Waals surface area contributed by atoms with Crippen molar-refractivity contribution in [3.63, 3.8) is 0 Å². The molecule has 1 atom stereocenters. The molecule has 0 radical (unpaired) electrons. The van der Waals surface area contributed by atoms with E-state index >= 15 is 0 Å². The summed E-state index contributed by atoms with van der Waals surface area (Å²) in [4.78, 5) is 11.8. The Hall–Kier alpha value is -0.610. The number of hydrogen-bond acceptors (Lipinski definition) is 3. The second kappa shape index (κ2) is 6.21. The number of carbonyl (C=O) groups is 1. The number of carbonyl (C=O) groups excluding carboxylic acids is 1. The van der Waals surface area contributed by atoms with Crippen molar-refractivity contribution in [2.24, 2.45) is 11.8 Å². The van der Waals surface area contributed by atoms with Gasteiger partial charge in [-0.1, -0.05) is 0 Å². The molecule has 2 saturated heterocycles. The lowest BCUT2D eigenvalue weighted by molar-refractivity contribution is -0.129. The first kappa shape index (κ1) is 11.9. The van der Waals surface area contributed by atoms with Gasteiger partial charge in [-0.05, 0) is 44.7 Å². The molecule has 0 aromatic heterocycles. The van der Waals surface area contributed by atoms with Crippen LogP contribution in [0.2, 0.25) is 0 Å². The SMILES string of the molecule is O=C(NCC1CCNCC1)C1CCCOC1. The monoisotopic (exact) mass is 226 g/mol. The Morgan fingerprint density at radius 3 is 2.81 bits per heavy atom. The molecule has 4 nitrogen and oxygen atoms in total. The van der Waals surface area contributed by atoms with Gasteiger partial charge in [-0.25, -0.2) is 0 Å². The van der Waals surface area contributed by atoms with E-state index in [1.165, 1.54) is 12.8 Å². The molecule has 0 aromatic carbocycles. The van der Waals surface area contributed by atoms with Gasteiger partial charge in [0.1, 0.15) is 0 Å². The Balaban J connectivity index is 1.65. The van der Waals surface area contributed by atoms with Crippen molar-refractivity contribution >= 4 is 5.91 Å². The third-order valence-electron chi connectivity index (χ3n) is 3.55. The Morgan fingerprint density at radius 1 is 1.31 bits per heavy atom. The van der Waals surface area contributed by atoms with Crippen LogP contribution in [0.4, 0.5) is 0 Å². The highest BCUT2D eigenvalue weighted by Gasteiger charge is 2.22. The maximum atomic E-state index is 11.8. The lowest BCUT2D eigenvalue weighted by Gasteiger charge is -2.25. The molecule has 92 valence electrons. The number of amides is 1. The first-order valence-electron chi connectivity index (χ1n) is 6.42. The standard InChI is InChI=1S/C12H22N2O2/c15-12(11-2-1-7-16-9-11)14-8-10-3-5-13-6-4-10/h10-11,13H,1-9H2,(H,14,15). The van der Waals surface area contributed by atoms with Gasteiger partial charge in [0.2, 0.25) is 5.91 Å². The molecule has 2 N–H and O–H groups in total. The van der Waals surface area contributed by atoms with Gasteiger partial charge in [-0.15, -0.1) is 0 Å². The fourth-order valence-electron chi connectivity index (χ4n) is 2.42. The van der Waals surface area contributed by atoms with Crippen LogP contribution in [0.25, 0.3) is 0 Å². The van der Waals surface area contributed by atoms with E-state index in [0.717, 1.165) is 39.1 Å². The molecule has 2 aliphatic heterocycles. The lowest BCUT2D eigenvalue weighted by Crippen LogP contribution is -2.40. The third kappa shape index (κ3) is 3.46. The zero-order valence-electron chi connectivity index (χ0n) is 9.84. The molecular weight excluding hydrogens is 204 g/mol. The Morgan fingerprint density at radius 2 is 2.12 bits per heavy atom. The van der Waals surface area contributed by atoms with E-state index in [1.807, 2.05) is 0 Å². The van der Waals surface area contributed by atoms with Crippen LogP contribution in [0.15, 0.2) is 0 Å². The van der Waals surface area contributed by atoms with Crippen LogP contribution in [0.1, 0.15) is 25.7 Å². The second-order valence-electron chi connectivity index (χ2n) is 4.85. The number of hydrogen-bond donors (Lipinski definition) is 2. The van der Waals surface area contributed by atoms with Gasteiger partial charge in [0.05, 0.1) is 12.5 Å². The van der Waals surface area contributed by atoms with E-state index in [1.54, 1.807) is 0 Å². The molecule has 0 aliphatic carbocycles. The summed E-state index contributed by atoms with van der Waals surface area (Å²) < 4.78 is 5.32. The van der Waals surface area contributed by atoms with Gasteiger partial charge in [0, 0.05) is 13.2 Å². The summed E-state index contributed by atoms with van der Waals surface area (Å²) in [6, 6.07) is 0. The van der Waals surface area contributed by atoms with Crippen molar-refractivity contribution in [2.75, 3.05) is 32.8 Å². The van der Waals surface area contributed by atoms with Gasteiger partial charge in [0.15, 0.2) is 0 Å². The minimum absolute atomic E-state index is 0.0930. The number of nitrogens with one attached hydrogen (secondary N) is 2. The Bertz CT molecular complexity index is 221. The number of ether oxygens (including phenoxy) is 1. The highest BCUT2D eigenvalue weighted by Crippen LogP contribution is 2.14. The van der Waals surface area contributed by atoms with Crippen molar-refractivity contribution in [1.82, 2.24) is 10.6 Å². The van der Waals surface area contributed by atoms with Crippen molar-refractivity contribution < 1.29 is 9.53 Å². The van der Waals surface area contributed by atoms with Crippen LogP contribution in [-0.4, -0.2) is 38.8 Å². The molecule has 16 heavy (non-hydrogen) atoms. The van der Waals surface area contributed by atoms with Crippen molar-refractivity contribution in [2.45, 2.75) is 25.7 Å². The summed E-state index contributed by atoms with van der Waals surface area (Å²) in [6.45, 7) is 4.45. The maximum Gasteiger partial charge on any atom is 0.225 e. The number of rotatable bonds is 3. The zero-order chi connectivity index (χ0) is 11.2. The molecule has 0 saturated carbocycles. The predicted molar refractivity (Wildman–Crippen MR) is 62.1 cm³/mol. The molecule has 4 heteroatoms. The fourth-order valence-corrected chi connectivity index (χ4v) is 2.42. The number of piperidine rings is 1. The topological polar surface area (TPSA) is 50.4 Å². The summed E-state index contributed by atoms with van der Waals surface area (Å²) in [5.41, 5.74) is 0. The van der Waals surface area contributed by atoms with E-state index in [-0.39, 0.29) is 11.8 Å². The summed E-state index contributed by atoms with van der Waals surface area (Å²) in [6.07, 6.45) is 4.37. The van der Waals surface area contributed by atoms with E-state index in [9.17, 15) is 4.79 Å². The molecular formula is C12H22N2O2. The van der Waals surface area contributed by atoms with Gasteiger partial charge in [-0.3, -0.25) is 4.79 Å². The Kier molecular flexibility index (Phi) is 4.60. The van der Waals surface area contributed by atoms with E-state index < -0.39 is 0 Å². The quantitative estimate of drug-likeness (QED) is 0.738. The van der Waals surface area contributed by atoms with E-state index in [2.05, 4.69) is 10.6 Å². The summed E-state index contributed by atoms with van der Waals surface area (Å²) in [7, 11) is 0. The van der Waals surface area contributed by atoms with Crippen LogP contribution in [0, 0.1) is 11.8 Å². The lowest BCUT2D eigenvalue weighted by atomic mass is 9.97. The highest BCUT2D eigenvalue weighted by atomic mass is 16.5. The van der Waals surface area contributed by atoms with Gasteiger partial charge in [0.25, 0.3) is 0 Å². The average Bonchev–Trinajstić information content (AvgIpc) is 2.38. The average molecular weight is 226 g/mol. The van der Waals surface area contributed by atoms with Crippen LogP contribution in [-0.2, 0) is 9.53 Å². The predicted octanol–water partition coefficient (Wildman–Crippen LogP) is 0.529. The molecule has 0 spiro atoms. The van der Waals surface area contributed by atoms with E-state index in [4.69, 9.17) is 4.74 Å². The molecule has 2 aliphatic rings. The minimum atomic E-state index is 0.0930. The highest BCUT2D eigenvalue weighted by molar-refractivity contribution is 5.78. The van der Waals surface area contributed by atoms with Gasteiger partial charge >= 0.3 is 0 Å². The van der Waals surface area contributed by atoms with E-state index in [0.29, 0.717) is 12.5 Å². The normalized spacial score (nSPS) is 27.6. The summed E-state index contributed by atoms with van der Waals surface area (Å²) >= 11 is 0. The molecule has 1 amide bonds. The third-order valence-corrected chi connectivity index (χ3v) is 3.55. The van der Waals surface area contributed by atoms with Crippen LogP contribution >= 0.6 is 0 Å². The van der Waals surface area contributed by atoms with Crippen LogP contribution in [0.5, 0.6) is 0 Å². The largest absolute Gasteiger partial charge is 0.381 e. The molecule has 2 rings (SSSR count). The van der Waals surface area contributed by atoms with Crippen molar-refractivity contribution in [3.8, 4) is 0 Å². The Labute approximate surface area is 97.1 Å². The maximum absolute atomic E-state index is 11.8. The van der Waals surface area contributed by atoms with Crippen LogP contribution < -0.4 is 10.6 Å². The van der Waals surface area contributed by atoms with Crippen molar-refractivity contribution in [3.05, 3.63) is 0 Å². The fraction of sp³-hybridized carbons (Fsp3) is 0.917. The minimum Gasteiger partial charge on any atom is -0.381 e. The molecule has 0 aromatic rings. The first-order valence-corrected chi connectivity index (χ1v) is 6.42. The molecule has 1 unspecified atom stereocenters. The van der Waals surface area contributed by atoms with Crippen molar-refractivity contribution in [1.29, 1.82) is 0 Å². The molecule has 2 heterocycles. The van der Waals surface area contributed by atoms with Gasteiger partial charge < -0.3 is 15.4 Å². The first-order chi connectivity index (χ1) is 7.86. The summed E-state index contributed by atoms with van der Waals surface area (Å²) in [5, 5.41) is 6.41. The summed E-state index contributed by atoms with van der Waals surface area (Å²) in [5.74, 6) is 0.948. The smallest absolute Gasteiger partial charge is 0.225 e. The molecule has 2 fully saturated rings. The molecule has 0 bridgehead atoms. The van der Waals surface area contributed by atoms with Gasteiger partial charge in [-0.2, -0.15) is 0 Å². The second-order valence-corrected chi connectivity index (χ2v) is 4.85. The van der Waals surface area contributed by atoms with Crippen LogP contribution in [0.3, 0.4) is 0 Å².